The summed E-state index contributed by atoms with van der Waals surface area (Å²) in [6.07, 6.45) is 3.94. The lowest BCUT2D eigenvalue weighted by molar-refractivity contribution is 0.0699. The van der Waals surface area contributed by atoms with Crippen molar-refractivity contribution in [3.63, 3.8) is 0 Å². The number of piperidine rings is 1. The fourth-order valence-electron chi connectivity index (χ4n) is 3.14. The van der Waals surface area contributed by atoms with Crippen LogP contribution in [0.15, 0.2) is 12.3 Å². The Kier molecular flexibility index (Phi) is 4.00. The first-order valence-electron chi connectivity index (χ1n) is 8.21. The van der Waals surface area contributed by atoms with Gasteiger partial charge in [0.1, 0.15) is 5.69 Å². The Bertz CT molecular complexity index is 694. The van der Waals surface area contributed by atoms with Gasteiger partial charge in [-0.15, -0.1) is 0 Å². The minimum absolute atomic E-state index is 0.0126. The van der Waals surface area contributed by atoms with Crippen LogP contribution in [0.4, 0.5) is 0 Å². The van der Waals surface area contributed by atoms with E-state index in [1.165, 1.54) is 5.56 Å². The monoisotopic (exact) mass is 315 g/mol. The second kappa shape index (κ2) is 5.83. The number of carbonyl (C=O) groups excluding carboxylic acids is 1. The number of nitrogens with one attached hydrogen (secondary N) is 2. The molecule has 1 aliphatic rings. The van der Waals surface area contributed by atoms with Crippen molar-refractivity contribution in [2.75, 3.05) is 13.1 Å². The summed E-state index contributed by atoms with van der Waals surface area (Å²) in [6, 6.07) is 1.88. The molecule has 2 aromatic heterocycles. The van der Waals surface area contributed by atoms with Gasteiger partial charge in [-0.3, -0.25) is 15.0 Å². The van der Waals surface area contributed by atoms with E-state index in [0.29, 0.717) is 11.6 Å². The van der Waals surface area contributed by atoms with Gasteiger partial charge in [0.05, 0.1) is 6.20 Å². The van der Waals surface area contributed by atoms with Gasteiger partial charge in [0.2, 0.25) is 0 Å². The Morgan fingerprint density at radius 3 is 2.74 bits per heavy atom. The molecule has 23 heavy (non-hydrogen) atoms. The maximum Gasteiger partial charge on any atom is 0.274 e. The average molecular weight is 315 g/mol. The summed E-state index contributed by atoms with van der Waals surface area (Å²) in [5, 5.41) is 14.4. The molecule has 0 radical (unpaired) electrons. The van der Waals surface area contributed by atoms with Gasteiger partial charge in [0.15, 0.2) is 0 Å². The highest BCUT2D eigenvalue weighted by atomic mass is 16.2. The molecule has 2 aromatic rings. The van der Waals surface area contributed by atoms with Crippen LogP contribution < -0.4 is 0 Å². The van der Waals surface area contributed by atoms with Crippen molar-refractivity contribution in [1.82, 2.24) is 25.3 Å². The molecule has 6 heteroatoms. The second-order valence-electron chi connectivity index (χ2n) is 7.47. The molecule has 1 fully saturated rings. The topological polar surface area (TPSA) is 77.7 Å². The lowest BCUT2D eigenvalue weighted by Gasteiger charge is -2.32. The Balaban J connectivity index is 1.75. The molecule has 0 aromatic carbocycles. The molecule has 0 unspecified atom stereocenters. The van der Waals surface area contributed by atoms with Gasteiger partial charge in [0.25, 0.3) is 5.91 Å². The molecule has 0 saturated carbocycles. The number of aryl methyl sites for hydroxylation is 1. The minimum atomic E-state index is -0.0387. The van der Waals surface area contributed by atoms with E-state index in [2.05, 4.69) is 48.1 Å². The zero-order valence-electron chi connectivity index (χ0n) is 14.3. The van der Waals surface area contributed by atoms with E-state index in [1.54, 1.807) is 0 Å². The molecule has 0 bridgehead atoms. The van der Waals surface area contributed by atoms with Gasteiger partial charge in [-0.1, -0.05) is 20.8 Å². The first-order chi connectivity index (χ1) is 10.9. The Labute approximate surface area is 136 Å². The molecule has 6 nitrogen and oxygen atoms in total. The third kappa shape index (κ3) is 3.16. The molecule has 124 valence electrons. The SMILES string of the molecule is Cc1cn[nH]c1[C@@H]1CCCN(C(=O)c2cc(C(C)(C)C)[nH]n2)C1. The molecule has 3 rings (SSSR count). The molecule has 0 aliphatic carbocycles. The van der Waals surface area contributed by atoms with E-state index >= 15 is 0 Å². The van der Waals surface area contributed by atoms with E-state index in [-0.39, 0.29) is 11.3 Å². The number of aromatic amines is 2. The fourth-order valence-corrected chi connectivity index (χ4v) is 3.14. The van der Waals surface area contributed by atoms with E-state index in [9.17, 15) is 4.79 Å². The zero-order chi connectivity index (χ0) is 16.6. The van der Waals surface area contributed by atoms with Crippen LogP contribution in [0.25, 0.3) is 0 Å². The number of carbonyl (C=O) groups is 1. The summed E-state index contributed by atoms with van der Waals surface area (Å²) in [6.45, 7) is 9.88. The van der Waals surface area contributed by atoms with E-state index in [4.69, 9.17) is 0 Å². The Morgan fingerprint density at radius 1 is 1.35 bits per heavy atom. The van der Waals surface area contributed by atoms with Crippen molar-refractivity contribution < 1.29 is 4.79 Å². The molecular weight excluding hydrogens is 290 g/mol. The second-order valence-corrected chi connectivity index (χ2v) is 7.47. The number of amides is 1. The quantitative estimate of drug-likeness (QED) is 0.894. The molecular formula is C17H25N5O. The van der Waals surface area contributed by atoms with Gasteiger partial charge < -0.3 is 4.90 Å². The predicted molar refractivity (Wildman–Crippen MR) is 88.5 cm³/mol. The fraction of sp³-hybridized carbons (Fsp3) is 0.588. The van der Waals surface area contributed by atoms with E-state index in [1.807, 2.05) is 17.2 Å². The average Bonchev–Trinajstić information content (AvgIpc) is 3.15. The van der Waals surface area contributed by atoms with Crippen molar-refractivity contribution in [1.29, 1.82) is 0 Å². The van der Waals surface area contributed by atoms with Crippen LogP contribution in [0.5, 0.6) is 0 Å². The highest BCUT2D eigenvalue weighted by Gasteiger charge is 2.29. The summed E-state index contributed by atoms with van der Waals surface area (Å²) in [5.74, 6) is 0.342. The molecule has 1 amide bonds. The molecule has 1 saturated heterocycles. The molecule has 1 aliphatic heterocycles. The molecule has 1 atom stereocenters. The highest BCUT2D eigenvalue weighted by Crippen LogP contribution is 2.28. The Hall–Kier alpha value is -2.11. The van der Waals surface area contributed by atoms with Crippen LogP contribution in [-0.4, -0.2) is 44.3 Å². The van der Waals surface area contributed by atoms with Crippen LogP contribution in [0.3, 0.4) is 0 Å². The standard InChI is InChI=1S/C17H25N5O/c1-11-9-18-21-15(11)12-6-5-7-22(10-12)16(23)13-8-14(20-19-13)17(2,3)4/h8-9,12H,5-7,10H2,1-4H3,(H,18,21)(H,19,20)/t12-/m1/s1. The van der Waals surface area contributed by atoms with Gasteiger partial charge in [-0.25, -0.2) is 0 Å². The number of hydrogen-bond donors (Lipinski definition) is 2. The third-order valence-corrected chi connectivity index (χ3v) is 4.59. The predicted octanol–water partition coefficient (Wildman–Crippen LogP) is 2.76. The first kappa shape index (κ1) is 15.8. The number of hydrogen-bond acceptors (Lipinski definition) is 3. The van der Waals surface area contributed by atoms with Crippen molar-refractivity contribution >= 4 is 5.91 Å². The van der Waals surface area contributed by atoms with Crippen molar-refractivity contribution in [2.45, 2.75) is 51.9 Å². The van der Waals surface area contributed by atoms with Crippen LogP contribution in [-0.2, 0) is 5.41 Å². The van der Waals surface area contributed by atoms with Crippen molar-refractivity contribution in [3.8, 4) is 0 Å². The van der Waals surface area contributed by atoms with Crippen LogP contribution in [0.1, 0.15) is 67.0 Å². The summed E-state index contributed by atoms with van der Waals surface area (Å²) < 4.78 is 0. The van der Waals surface area contributed by atoms with E-state index in [0.717, 1.165) is 37.3 Å². The minimum Gasteiger partial charge on any atom is -0.337 e. The molecule has 2 N–H and O–H groups in total. The van der Waals surface area contributed by atoms with Crippen molar-refractivity contribution in [2.24, 2.45) is 0 Å². The van der Waals surface area contributed by atoms with E-state index < -0.39 is 0 Å². The first-order valence-corrected chi connectivity index (χ1v) is 8.21. The highest BCUT2D eigenvalue weighted by molar-refractivity contribution is 5.92. The maximum absolute atomic E-state index is 12.8. The number of nitrogens with zero attached hydrogens (tertiary/aromatic N) is 3. The van der Waals surface area contributed by atoms with Gasteiger partial charge in [-0.05, 0) is 31.4 Å². The lowest BCUT2D eigenvalue weighted by Crippen LogP contribution is -2.39. The normalized spacial score (nSPS) is 19.1. The number of aromatic nitrogens is 4. The molecule has 0 spiro atoms. The van der Waals surface area contributed by atoms with Gasteiger partial charge in [0, 0.05) is 35.8 Å². The Morgan fingerprint density at radius 2 is 2.13 bits per heavy atom. The molecule has 3 heterocycles. The summed E-state index contributed by atoms with van der Waals surface area (Å²) in [4.78, 5) is 14.7. The van der Waals surface area contributed by atoms with Crippen LogP contribution >= 0.6 is 0 Å². The van der Waals surface area contributed by atoms with Crippen LogP contribution in [0.2, 0.25) is 0 Å². The van der Waals surface area contributed by atoms with Crippen molar-refractivity contribution in [3.05, 3.63) is 34.9 Å². The lowest BCUT2D eigenvalue weighted by atomic mass is 9.91. The maximum atomic E-state index is 12.8. The zero-order valence-corrected chi connectivity index (χ0v) is 14.3. The number of rotatable bonds is 2. The van der Waals surface area contributed by atoms with Gasteiger partial charge in [-0.2, -0.15) is 10.2 Å². The number of H-pyrrole nitrogens is 2. The summed E-state index contributed by atoms with van der Waals surface area (Å²) in [7, 11) is 0. The summed E-state index contributed by atoms with van der Waals surface area (Å²) in [5.41, 5.74) is 3.78. The van der Waals surface area contributed by atoms with Gasteiger partial charge >= 0.3 is 0 Å². The third-order valence-electron chi connectivity index (χ3n) is 4.59. The number of likely N-dealkylation sites (tertiary alicyclic amines) is 1. The summed E-state index contributed by atoms with van der Waals surface area (Å²) >= 11 is 0. The largest absolute Gasteiger partial charge is 0.337 e. The smallest absolute Gasteiger partial charge is 0.274 e. The van der Waals surface area contributed by atoms with Crippen LogP contribution in [0, 0.1) is 6.92 Å².